The molecular weight excluding hydrogens is 659 g/mol. The van der Waals surface area contributed by atoms with E-state index in [0.29, 0.717) is 0 Å². The van der Waals surface area contributed by atoms with Crippen molar-refractivity contribution in [3.05, 3.63) is 151 Å². The summed E-state index contributed by atoms with van der Waals surface area (Å²) in [6, 6.07) is 52.4. The molecule has 0 saturated heterocycles. The molecule has 9 aromatic rings. The van der Waals surface area contributed by atoms with Gasteiger partial charge in [0.15, 0.2) is 11.6 Å². The Hall–Kier alpha value is -6.07. The number of nitrogens with zero attached hydrogens (tertiary/aromatic N) is 5. The second-order valence-corrected chi connectivity index (χ2v) is 16.3. The van der Waals surface area contributed by atoms with Gasteiger partial charge >= 0.3 is 0 Å². The first-order valence-electron chi connectivity index (χ1n) is 19.6. The number of benzene rings is 6. The zero-order valence-corrected chi connectivity index (χ0v) is 30.1. The molecule has 0 N–H and O–H groups in total. The van der Waals surface area contributed by atoms with Gasteiger partial charge in [-0.15, -0.1) is 0 Å². The Morgan fingerprint density at radius 3 is 1.63 bits per heavy atom. The molecule has 3 aromatic heterocycles. The molecule has 0 aliphatic heterocycles. The molecule has 4 bridgehead atoms. The van der Waals surface area contributed by atoms with Gasteiger partial charge in [0.2, 0.25) is 0 Å². The molecule has 4 fully saturated rings. The van der Waals surface area contributed by atoms with Crippen molar-refractivity contribution in [2.45, 2.75) is 43.9 Å². The summed E-state index contributed by atoms with van der Waals surface area (Å²) in [5.41, 5.74) is 9.25. The van der Waals surface area contributed by atoms with Gasteiger partial charge in [-0.3, -0.25) is 0 Å². The Morgan fingerprint density at radius 1 is 0.426 bits per heavy atom. The lowest BCUT2D eigenvalue weighted by Gasteiger charge is -2.56. The molecule has 13 rings (SSSR count). The third kappa shape index (κ3) is 4.48. The van der Waals surface area contributed by atoms with E-state index >= 15 is 0 Å². The Labute approximate surface area is 314 Å². The van der Waals surface area contributed by atoms with Gasteiger partial charge in [0.25, 0.3) is 0 Å². The maximum Gasteiger partial charge on any atom is 0.163 e. The Morgan fingerprint density at radius 2 is 0.963 bits per heavy atom. The molecule has 5 nitrogen and oxygen atoms in total. The highest BCUT2D eigenvalue weighted by Gasteiger charge is 2.53. The summed E-state index contributed by atoms with van der Waals surface area (Å²) in [4.78, 5) is 15.8. The van der Waals surface area contributed by atoms with Crippen molar-refractivity contribution >= 4 is 43.6 Å². The van der Waals surface area contributed by atoms with Crippen molar-refractivity contribution in [2.24, 2.45) is 17.8 Å². The van der Waals surface area contributed by atoms with E-state index in [1.807, 2.05) is 0 Å². The van der Waals surface area contributed by atoms with Crippen LogP contribution in [0.5, 0.6) is 0 Å². The number of rotatable bonds is 5. The fourth-order valence-electron chi connectivity index (χ4n) is 11.2. The van der Waals surface area contributed by atoms with Crippen LogP contribution in [-0.4, -0.2) is 24.1 Å². The van der Waals surface area contributed by atoms with E-state index in [4.69, 9.17) is 15.0 Å². The fourth-order valence-corrected chi connectivity index (χ4v) is 11.2. The first kappa shape index (κ1) is 30.4. The van der Waals surface area contributed by atoms with Crippen LogP contribution >= 0.6 is 0 Å². The highest BCUT2D eigenvalue weighted by Crippen LogP contribution is 2.60. The van der Waals surface area contributed by atoms with Gasteiger partial charge in [0.05, 0.1) is 22.1 Å². The van der Waals surface area contributed by atoms with E-state index in [9.17, 15) is 0 Å². The van der Waals surface area contributed by atoms with Gasteiger partial charge in [-0.05, 0) is 111 Å². The van der Waals surface area contributed by atoms with E-state index in [0.717, 1.165) is 57.7 Å². The van der Waals surface area contributed by atoms with Gasteiger partial charge in [0.1, 0.15) is 5.82 Å². The zero-order chi connectivity index (χ0) is 35.4. The molecule has 54 heavy (non-hydrogen) atoms. The molecule has 0 spiro atoms. The Kier molecular flexibility index (Phi) is 6.45. The van der Waals surface area contributed by atoms with Gasteiger partial charge < -0.3 is 9.13 Å². The summed E-state index contributed by atoms with van der Waals surface area (Å²) >= 11 is 0. The lowest BCUT2D eigenvalue weighted by Crippen LogP contribution is -2.49. The fraction of sp³-hybridized carbons (Fsp3) is 0.204. The third-order valence-electron chi connectivity index (χ3n) is 13.0. The normalized spacial score (nSPS) is 21.9. The summed E-state index contributed by atoms with van der Waals surface area (Å²) in [6.07, 6.45) is 7.85. The molecule has 0 atom stereocenters. The minimum atomic E-state index is 0.0726. The van der Waals surface area contributed by atoms with E-state index in [-0.39, 0.29) is 5.41 Å². The van der Waals surface area contributed by atoms with Crippen LogP contribution in [0.15, 0.2) is 146 Å². The molecule has 4 aliphatic carbocycles. The minimum absolute atomic E-state index is 0.0726. The molecule has 260 valence electrons. The average molecular weight is 698 g/mol. The van der Waals surface area contributed by atoms with Crippen LogP contribution in [-0.2, 0) is 5.41 Å². The van der Waals surface area contributed by atoms with Crippen molar-refractivity contribution in [3.8, 4) is 34.2 Å². The van der Waals surface area contributed by atoms with Crippen LogP contribution in [0.2, 0.25) is 0 Å². The molecule has 5 heteroatoms. The first-order chi connectivity index (χ1) is 26.7. The third-order valence-corrected chi connectivity index (χ3v) is 13.0. The Bertz CT molecular complexity index is 2870. The summed E-state index contributed by atoms with van der Waals surface area (Å²) in [7, 11) is 0. The second kappa shape index (κ2) is 11.5. The van der Waals surface area contributed by atoms with Crippen molar-refractivity contribution in [1.29, 1.82) is 0 Å². The number of hydrogen-bond acceptors (Lipinski definition) is 3. The molecule has 4 saturated carbocycles. The van der Waals surface area contributed by atoms with Crippen molar-refractivity contribution < 1.29 is 0 Å². The lowest BCUT2D eigenvalue weighted by atomic mass is 9.49. The zero-order valence-electron chi connectivity index (χ0n) is 30.1. The number of fused-ring (bicyclic) bond motifs is 7. The molecule has 0 radical (unpaired) electrons. The van der Waals surface area contributed by atoms with Crippen LogP contribution in [0.25, 0.3) is 77.8 Å². The molecule has 3 heterocycles. The largest absolute Gasteiger partial charge is 0.309 e. The van der Waals surface area contributed by atoms with Crippen LogP contribution in [0.1, 0.15) is 44.3 Å². The van der Waals surface area contributed by atoms with Gasteiger partial charge in [-0.25, -0.2) is 15.0 Å². The lowest BCUT2D eigenvalue weighted by molar-refractivity contribution is -0.00938. The van der Waals surface area contributed by atoms with Gasteiger partial charge in [0, 0.05) is 49.5 Å². The molecular formula is C49H39N5. The SMILES string of the molecule is c1ccc(-c2nc(-c3ccc(-n4c5ccccc5c5ccc6c(c7ccccc7n6-c6ccccc6)c54)cc3)nc(C34CC5CC(CC(C5)C3)C4)n2)cc1. The van der Waals surface area contributed by atoms with Crippen LogP contribution in [0.4, 0.5) is 0 Å². The standard InChI is InChI=1S/C49H39N5/c1-3-11-34(12-4-1)46-50-47(52-48(51-46)49-28-31-25-32(29-49)27-33(26-31)30-49)35-19-21-37(22-20-35)54-41-17-9-7-15-38(41)39-23-24-43-44(45(39)54)40-16-8-10-18-42(40)53(43)36-13-5-2-6-14-36/h1-24,31-33H,25-30H2. The number of aromatic nitrogens is 5. The summed E-state index contributed by atoms with van der Waals surface area (Å²) in [5.74, 6) is 5.03. The molecule has 0 unspecified atom stereocenters. The quantitative estimate of drug-likeness (QED) is 0.180. The summed E-state index contributed by atoms with van der Waals surface area (Å²) in [6.45, 7) is 0. The van der Waals surface area contributed by atoms with E-state index in [1.54, 1.807) is 0 Å². The predicted molar refractivity (Wildman–Crippen MR) is 219 cm³/mol. The monoisotopic (exact) mass is 697 g/mol. The van der Waals surface area contributed by atoms with Crippen molar-refractivity contribution in [2.75, 3.05) is 0 Å². The molecule has 4 aliphatic rings. The average Bonchev–Trinajstić information content (AvgIpc) is 3.74. The van der Waals surface area contributed by atoms with Gasteiger partial charge in [-0.2, -0.15) is 0 Å². The maximum absolute atomic E-state index is 5.39. The topological polar surface area (TPSA) is 48.5 Å². The Balaban J connectivity index is 1.05. The summed E-state index contributed by atoms with van der Waals surface area (Å²) < 4.78 is 4.86. The maximum atomic E-state index is 5.39. The van der Waals surface area contributed by atoms with Crippen molar-refractivity contribution in [3.63, 3.8) is 0 Å². The molecule has 0 amide bonds. The predicted octanol–water partition coefficient (Wildman–Crippen LogP) is 11.9. The van der Waals surface area contributed by atoms with E-state index in [2.05, 4.69) is 155 Å². The smallest absolute Gasteiger partial charge is 0.163 e. The highest BCUT2D eigenvalue weighted by atomic mass is 15.1. The van der Waals surface area contributed by atoms with Crippen LogP contribution in [0, 0.1) is 17.8 Å². The number of para-hydroxylation sites is 3. The van der Waals surface area contributed by atoms with E-state index in [1.165, 1.54) is 82.1 Å². The van der Waals surface area contributed by atoms with Gasteiger partial charge in [-0.1, -0.05) is 91.0 Å². The second-order valence-electron chi connectivity index (χ2n) is 16.3. The van der Waals surface area contributed by atoms with Crippen LogP contribution in [0.3, 0.4) is 0 Å². The first-order valence-corrected chi connectivity index (χ1v) is 19.6. The van der Waals surface area contributed by atoms with Crippen molar-refractivity contribution in [1.82, 2.24) is 24.1 Å². The molecule has 6 aromatic carbocycles. The minimum Gasteiger partial charge on any atom is -0.309 e. The number of hydrogen-bond donors (Lipinski definition) is 0. The van der Waals surface area contributed by atoms with E-state index < -0.39 is 0 Å². The van der Waals surface area contributed by atoms with Crippen LogP contribution < -0.4 is 0 Å². The summed E-state index contributed by atoms with van der Waals surface area (Å²) in [5, 5.41) is 5.01. The highest BCUT2D eigenvalue weighted by molar-refractivity contribution is 6.26.